The fourth-order valence-corrected chi connectivity index (χ4v) is 3.59. The summed E-state index contributed by atoms with van der Waals surface area (Å²) in [5.74, 6) is 1.86. The van der Waals surface area contributed by atoms with E-state index in [1.54, 1.807) is 24.5 Å². The van der Waals surface area contributed by atoms with Crippen molar-refractivity contribution in [2.45, 2.75) is 13.0 Å². The maximum atomic E-state index is 6.21. The van der Waals surface area contributed by atoms with Gasteiger partial charge in [0.2, 0.25) is 5.95 Å². The van der Waals surface area contributed by atoms with Crippen molar-refractivity contribution in [1.82, 2.24) is 9.97 Å². The largest absolute Gasteiger partial charge is 0.454 e. The van der Waals surface area contributed by atoms with Crippen LogP contribution in [0.3, 0.4) is 0 Å². The van der Waals surface area contributed by atoms with Crippen LogP contribution in [-0.4, -0.2) is 16.5 Å². The molecular formula is C19H16Cl2N4O. The van der Waals surface area contributed by atoms with Crippen molar-refractivity contribution >= 4 is 34.8 Å². The van der Waals surface area contributed by atoms with Crippen LogP contribution in [0.25, 0.3) is 0 Å². The second kappa shape index (κ2) is 7.02. The lowest BCUT2D eigenvalue weighted by molar-refractivity contribution is 0.481. The Bertz CT molecular complexity index is 927. The van der Waals surface area contributed by atoms with Gasteiger partial charge in [-0.25, -0.2) is 9.97 Å². The molecular weight excluding hydrogens is 371 g/mol. The van der Waals surface area contributed by atoms with E-state index in [1.165, 1.54) is 11.1 Å². The number of nitrogen functional groups attached to an aromatic ring is 1. The molecule has 0 saturated heterocycles. The summed E-state index contributed by atoms with van der Waals surface area (Å²) in [7, 11) is 0. The molecule has 0 aliphatic carbocycles. The molecule has 0 unspecified atom stereocenters. The fourth-order valence-electron chi connectivity index (χ4n) is 3.01. The van der Waals surface area contributed by atoms with Gasteiger partial charge in [-0.15, -0.1) is 0 Å². The third-order valence-electron chi connectivity index (χ3n) is 4.27. The number of hydrogen-bond donors (Lipinski definition) is 1. The van der Waals surface area contributed by atoms with E-state index < -0.39 is 0 Å². The zero-order valence-corrected chi connectivity index (χ0v) is 15.3. The molecule has 2 heterocycles. The maximum Gasteiger partial charge on any atom is 0.225 e. The summed E-state index contributed by atoms with van der Waals surface area (Å²) in [6.07, 6.45) is 4.40. The lowest BCUT2D eigenvalue weighted by Gasteiger charge is -2.29. The highest BCUT2D eigenvalue weighted by atomic mass is 35.5. The Morgan fingerprint density at radius 2 is 1.73 bits per heavy atom. The molecule has 1 aromatic heterocycles. The zero-order chi connectivity index (χ0) is 18.1. The van der Waals surface area contributed by atoms with E-state index in [-0.39, 0.29) is 0 Å². The normalized spacial score (nSPS) is 13.4. The molecule has 0 bridgehead atoms. The highest BCUT2D eigenvalue weighted by Gasteiger charge is 2.19. The van der Waals surface area contributed by atoms with Gasteiger partial charge in [-0.3, -0.25) is 0 Å². The van der Waals surface area contributed by atoms with E-state index in [4.69, 9.17) is 33.7 Å². The van der Waals surface area contributed by atoms with E-state index in [2.05, 4.69) is 20.9 Å². The van der Waals surface area contributed by atoms with Crippen molar-refractivity contribution < 1.29 is 4.74 Å². The summed E-state index contributed by atoms with van der Waals surface area (Å²) in [6.45, 7) is 1.62. The van der Waals surface area contributed by atoms with Crippen LogP contribution < -0.4 is 15.4 Å². The average molecular weight is 387 g/mol. The number of fused-ring (bicyclic) bond motifs is 1. The molecule has 1 aliphatic rings. The van der Waals surface area contributed by atoms with Crippen LogP contribution in [0.1, 0.15) is 11.1 Å². The number of aromatic nitrogens is 2. The summed E-state index contributed by atoms with van der Waals surface area (Å²) in [5.41, 5.74) is 8.70. The minimum atomic E-state index is 0.389. The molecule has 1 aliphatic heterocycles. The number of hydrogen-bond acceptors (Lipinski definition) is 5. The van der Waals surface area contributed by atoms with E-state index in [0.717, 1.165) is 25.5 Å². The molecule has 0 fully saturated rings. The maximum absolute atomic E-state index is 6.21. The second-order valence-electron chi connectivity index (χ2n) is 6.07. The third kappa shape index (κ3) is 3.41. The summed E-state index contributed by atoms with van der Waals surface area (Å²) in [6, 6.07) is 11.1. The molecule has 5 nitrogen and oxygen atoms in total. The number of benzene rings is 2. The molecule has 4 rings (SSSR count). The van der Waals surface area contributed by atoms with Gasteiger partial charge in [0.1, 0.15) is 5.75 Å². The van der Waals surface area contributed by atoms with Gasteiger partial charge in [0.25, 0.3) is 0 Å². The quantitative estimate of drug-likeness (QED) is 0.659. The van der Waals surface area contributed by atoms with Gasteiger partial charge in [0.15, 0.2) is 5.75 Å². The SMILES string of the molecule is Nc1cc(Cl)c(Oc2ccc3c(c2)CCN(c2ncccn2)C3)c(Cl)c1. The number of nitrogens with two attached hydrogens (primary N) is 1. The fraction of sp³-hybridized carbons (Fsp3) is 0.158. The topological polar surface area (TPSA) is 64.3 Å². The molecule has 7 heteroatoms. The number of anilines is 2. The van der Waals surface area contributed by atoms with Crippen molar-refractivity contribution in [2.24, 2.45) is 0 Å². The van der Waals surface area contributed by atoms with Crippen LogP contribution >= 0.6 is 23.2 Å². The highest BCUT2D eigenvalue weighted by molar-refractivity contribution is 6.37. The van der Waals surface area contributed by atoms with Crippen LogP contribution in [0, 0.1) is 0 Å². The minimum absolute atomic E-state index is 0.389. The number of rotatable bonds is 3. The summed E-state index contributed by atoms with van der Waals surface area (Å²) in [4.78, 5) is 10.8. The molecule has 0 saturated carbocycles. The van der Waals surface area contributed by atoms with E-state index in [1.807, 2.05) is 18.2 Å². The van der Waals surface area contributed by atoms with Gasteiger partial charge in [-0.2, -0.15) is 0 Å². The van der Waals surface area contributed by atoms with Gasteiger partial charge >= 0.3 is 0 Å². The van der Waals surface area contributed by atoms with Crippen molar-refractivity contribution in [3.63, 3.8) is 0 Å². The summed E-state index contributed by atoms with van der Waals surface area (Å²) < 4.78 is 5.91. The van der Waals surface area contributed by atoms with Gasteiger partial charge in [-0.05, 0) is 47.9 Å². The predicted molar refractivity (Wildman–Crippen MR) is 104 cm³/mol. The van der Waals surface area contributed by atoms with Crippen LogP contribution in [0.15, 0.2) is 48.8 Å². The Kier molecular flexibility index (Phi) is 4.57. The molecule has 26 heavy (non-hydrogen) atoms. The Morgan fingerprint density at radius 1 is 1.00 bits per heavy atom. The second-order valence-corrected chi connectivity index (χ2v) is 6.88. The molecule has 3 aromatic rings. The standard InChI is InChI=1S/C19H16Cl2N4O/c20-16-9-14(22)10-17(21)18(16)26-15-3-2-13-11-25(7-4-12(13)8-15)19-23-5-1-6-24-19/h1-3,5-6,8-10H,4,7,11,22H2. The van der Waals surface area contributed by atoms with Gasteiger partial charge < -0.3 is 15.4 Å². The summed E-state index contributed by atoms with van der Waals surface area (Å²) >= 11 is 12.4. The summed E-state index contributed by atoms with van der Waals surface area (Å²) in [5, 5.41) is 0.778. The monoisotopic (exact) mass is 386 g/mol. The Labute approximate surface area is 161 Å². The van der Waals surface area contributed by atoms with Crippen LogP contribution in [0.2, 0.25) is 10.0 Å². The molecule has 0 spiro atoms. The first-order valence-corrected chi connectivity index (χ1v) is 8.92. The van der Waals surface area contributed by atoms with Crippen molar-refractivity contribution in [3.8, 4) is 11.5 Å². The molecule has 0 atom stereocenters. The van der Waals surface area contributed by atoms with Crippen molar-refractivity contribution in [1.29, 1.82) is 0 Å². The van der Waals surface area contributed by atoms with Crippen molar-refractivity contribution in [3.05, 3.63) is 70.0 Å². The molecule has 0 radical (unpaired) electrons. The third-order valence-corrected chi connectivity index (χ3v) is 4.83. The lowest BCUT2D eigenvalue weighted by Crippen LogP contribution is -2.31. The average Bonchev–Trinajstić information content (AvgIpc) is 2.65. The smallest absolute Gasteiger partial charge is 0.225 e. The van der Waals surface area contributed by atoms with Crippen LogP contribution in [0.5, 0.6) is 11.5 Å². The Balaban J connectivity index is 1.56. The number of nitrogens with zero attached hydrogens (tertiary/aromatic N) is 3. The van der Waals surface area contributed by atoms with Crippen LogP contribution in [-0.2, 0) is 13.0 Å². The molecule has 2 N–H and O–H groups in total. The van der Waals surface area contributed by atoms with Gasteiger partial charge in [-0.1, -0.05) is 29.3 Å². The van der Waals surface area contributed by atoms with Crippen molar-refractivity contribution in [2.75, 3.05) is 17.2 Å². The Hall–Kier alpha value is -2.50. The van der Waals surface area contributed by atoms with E-state index in [0.29, 0.717) is 27.2 Å². The minimum Gasteiger partial charge on any atom is -0.454 e. The predicted octanol–water partition coefficient (Wildman–Crippen LogP) is 4.72. The van der Waals surface area contributed by atoms with Crippen LogP contribution in [0.4, 0.5) is 11.6 Å². The first-order valence-electron chi connectivity index (χ1n) is 8.16. The van der Waals surface area contributed by atoms with Gasteiger partial charge in [0, 0.05) is 31.2 Å². The highest BCUT2D eigenvalue weighted by Crippen LogP contribution is 2.38. The van der Waals surface area contributed by atoms with Gasteiger partial charge in [0.05, 0.1) is 10.0 Å². The zero-order valence-electron chi connectivity index (χ0n) is 13.8. The first-order chi connectivity index (χ1) is 12.6. The molecule has 0 amide bonds. The molecule has 132 valence electrons. The molecule has 2 aromatic carbocycles. The Morgan fingerprint density at radius 3 is 2.46 bits per heavy atom. The van der Waals surface area contributed by atoms with E-state index >= 15 is 0 Å². The number of ether oxygens (including phenoxy) is 1. The number of halogens is 2. The first kappa shape index (κ1) is 16.9. The van der Waals surface area contributed by atoms with E-state index in [9.17, 15) is 0 Å². The lowest BCUT2D eigenvalue weighted by atomic mass is 10.00.